The minimum Gasteiger partial charge on any atom is -0.493 e. The Bertz CT molecular complexity index is 1770. The van der Waals surface area contributed by atoms with Crippen molar-refractivity contribution in [3.05, 3.63) is 96.0 Å². The molecule has 5 aromatic rings. The van der Waals surface area contributed by atoms with Crippen molar-refractivity contribution in [1.29, 1.82) is 0 Å². The molecule has 0 fully saturated rings. The smallest absolute Gasteiger partial charge is 0.255 e. The van der Waals surface area contributed by atoms with E-state index in [2.05, 4.69) is 27.8 Å². The zero-order valence-corrected chi connectivity index (χ0v) is 23.0. The molecule has 0 spiro atoms. The van der Waals surface area contributed by atoms with E-state index < -0.39 is 6.04 Å². The van der Waals surface area contributed by atoms with Crippen molar-refractivity contribution in [2.24, 2.45) is 0 Å². The van der Waals surface area contributed by atoms with E-state index in [0.717, 1.165) is 16.3 Å². The molecule has 0 radical (unpaired) electrons. The van der Waals surface area contributed by atoms with Crippen molar-refractivity contribution in [1.82, 2.24) is 19.7 Å². The van der Waals surface area contributed by atoms with Crippen molar-refractivity contribution >= 4 is 28.3 Å². The molecule has 1 amide bonds. The zero-order chi connectivity index (χ0) is 28.5. The number of benzene rings is 3. The second kappa shape index (κ2) is 10.6. The van der Waals surface area contributed by atoms with Crippen molar-refractivity contribution in [3.8, 4) is 28.6 Å². The topological polar surface area (TPSA) is 112 Å². The molecule has 0 aliphatic carbocycles. The number of carbonyl (C=O) groups excluding carboxylic acids is 1. The molecule has 0 saturated heterocycles. The Morgan fingerprint density at radius 2 is 1.71 bits per heavy atom. The van der Waals surface area contributed by atoms with Gasteiger partial charge in [-0.05, 0) is 47.5 Å². The van der Waals surface area contributed by atoms with Gasteiger partial charge in [-0.2, -0.15) is 4.98 Å². The van der Waals surface area contributed by atoms with Crippen LogP contribution in [0.3, 0.4) is 0 Å². The van der Waals surface area contributed by atoms with Gasteiger partial charge in [0.2, 0.25) is 11.7 Å². The van der Waals surface area contributed by atoms with Gasteiger partial charge in [0.1, 0.15) is 6.04 Å². The molecule has 1 aliphatic heterocycles. The number of anilines is 2. The summed E-state index contributed by atoms with van der Waals surface area (Å²) in [7, 11) is 4.66. The van der Waals surface area contributed by atoms with Gasteiger partial charge >= 0.3 is 0 Å². The number of hydrogen-bond donors (Lipinski definition) is 2. The molecule has 3 aromatic carbocycles. The first-order valence-corrected chi connectivity index (χ1v) is 13.0. The summed E-state index contributed by atoms with van der Waals surface area (Å²) in [5, 5.41) is 13.3. The van der Waals surface area contributed by atoms with Crippen LogP contribution in [-0.2, 0) is 4.79 Å². The molecule has 6 rings (SSSR count). The number of amides is 1. The molecule has 1 atom stereocenters. The number of pyridine rings is 1. The summed E-state index contributed by atoms with van der Waals surface area (Å²) in [6.45, 7) is 1.85. The van der Waals surface area contributed by atoms with Crippen LogP contribution < -0.4 is 24.8 Å². The Labute approximate surface area is 236 Å². The van der Waals surface area contributed by atoms with Crippen molar-refractivity contribution < 1.29 is 19.0 Å². The average molecular weight is 549 g/mol. The summed E-state index contributed by atoms with van der Waals surface area (Å²) in [6.07, 6.45) is 3.25. The lowest BCUT2D eigenvalue weighted by molar-refractivity contribution is -0.113. The van der Waals surface area contributed by atoms with Gasteiger partial charge in [-0.1, -0.05) is 42.5 Å². The summed E-state index contributed by atoms with van der Waals surface area (Å²) in [6, 6.07) is 20.6. The van der Waals surface area contributed by atoms with E-state index in [9.17, 15) is 4.79 Å². The molecule has 1 unspecified atom stereocenters. The number of carbonyl (C=O) groups is 1. The maximum absolute atomic E-state index is 13.9. The maximum Gasteiger partial charge on any atom is 0.255 e. The van der Waals surface area contributed by atoms with Crippen LogP contribution in [0, 0.1) is 0 Å². The number of aromatic nitrogens is 4. The van der Waals surface area contributed by atoms with Crippen LogP contribution in [-0.4, -0.2) is 47.0 Å². The monoisotopic (exact) mass is 548 g/mol. The number of methoxy groups -OCH3 is 3. The first kappa shape index (κ1) is 25.9. The highest BCUT2D eigenvalue weighted by Crippen LogP contribution is 2.44. The van der Waals surface area contributed by atoms with E-state index in [0.29, 0.717) is 51.5 Å². The third kappa shape index (κ3) is 4.59. The average Bonchev–Trinajstić information content (AvgIpc) is 3.43. The molecule has 2 aromatic heterocycles. The third-order valence-electron chi connectivity index (χ3n) is 7.05. The molecule has 0 bridgehead atoms. The molecular weight excluding hydrogens is 520 g/mol. The summed E-state index contributed by atoms with van der Waals surface area (Å²) < 4.78 is 18.6. The quantitative estimate of drug-likeness (QED) is 0.276. The summed E-state index contributed by atoms with van der Waals surface area (Å²) in [4.78, 5) is 22.9. The minimum atomic E-state index is -0.673. The lowest BCUT2D eigenvalue weighted by Crippen LogP contribution is -2.31. The Morgan fingerprint density at radius 1 is 0.951 bits per heavy atom. The first-order valence-electron chi connectivity index (χ1n) is 13.0. The van der Waals surface area contributed by atoms with E-state index in [1.54, 1.807) is 50.5 Å². The van der Waals surface area contributed by atoms with Crippen LogP contribution >= 0.6 is 0 Å². The van der Waals surface area contributed by atoms with E-state index in [1.165, 1.54) is 0 Å². The van der Waals surface area contributed by atoms with Gasteiger partial charge in [0.15, 0.2) is 17.3 Å². The van der Waals surface area contributed by atoms with E-state index in [-0.39, 0.29) is 5.91 Å². The second-order valence-electron chi connectivity index (χ2n) is 9.45. The highest BCUT2D eigenvalue weighted by atomic mass is 16.5. The fourth-order valence-corrected chi connectivity index (χ4v) is 5.18. The summed E-state index contributed by atoms with van der Waals surface area (Å²) in [5.74, 6) is 2.09. The Kier molecular flexibility index (Phi) is 6.72. The highest BCUT2D eigenvalue weighted by molar-refractivity contribution is 6.06. The highest BCUT2D eigenvalue weighted by Gasteiger charge is 2.36. The van der Waals surface area contributed by atoms with Crippen molar-refractivity contribution in [2.75, 3.05) is 32.0 Å². The Morgan fingerprint density at radius 3 is 2.41 bits per heavy atom. The molecule has 10 nitrogen and oxygen atoms in total. The van der Waals surface area contributed by atoms with Crippen LogP contribution in [0.25, 0.3) is 22.2 Å². The number of allylic oxidation sites excluding steroid dienone is 1. The van der Waals surface area contributed by atoms with Crippen molar-refractivity contribution in [3.63, 3.8) is 0 Å². The standard InChI is InChI=1S/C31H28N6O4/c1-18-26(30(38)34-21-11-8-14-32-17-21)27(20-15-24(39-2)28(41-4)25(16-20)40-3)37-31(33-18)35-29(36-37)23-13-7-10-19-9-5-6-12-22(19)23/h5-17,27H,1-4H3,(H,34,38)(H,33,35,36). The fourth-order valence-electron chi connectivity index (χ4n) is 5.18. The van der Waals surface area contributed by atoms with Crippen molar-refractivity contribution in [2.45, 2.75) is 13.0 Å². The largest absolute Gasteiger partial charge is 0.493 e. The molecule has 1 aliphatic rings. The first-order chi connectivity index (χ1) is 20.0. The Hall–Kier alpha value is -5.38. The van der Waals surface area contributed by atoms with E-state index in [1.807, 2.05) is 49.4 Å². The van der Waals surface area contributed by atoms with E-state index >= 15 is 0 Å². The molecule has 3 heterocycles. The predicted molar refractivity (Wildman–Crippen MR) is 156 cm³/mol. The van der Waals surface area contributed by atoms with Crippen LogP contribution in [0.5, 0.6) is 17.2 Å². The number of nitrogens with zero attached hydrogens (tertiary/aromatic N) is 4. The molecular formula is C31H28N6O4. The van der Waals surface area contributed by atoms with Crippen LogP contribution in [0.4, 0.5) is 11.6 Å². The van der Waals surface area contributed by atoms with Gasteiger partial charge < -0.3 is 24.8 Å². The van der Waals surface area contributed by atoms with Gasteiger partial charge in [-0.25, -0.2) is 4.68 Å². The van der Waals surface area contributed by atoms with Crippen LogP contribution in [0.2, 0.25) is 0 Å². The zero-order valence-electron chi connectivity index (χ0n) is 23.0. The Balaban J connectivity index is 1.54. The normalized spacial score (nSPS) is 14.3. The number of rotatable bonds is 7. The number of ether oxygens (including phenoxy) is 3. The maximum atomic E-state index is 13.9. The molecule has 41 heavy (non-hydrogen) atoms. The van der Waals surface area contributed by atoms with Gasteiger partial charge in [0, 0.05) is 17.5 Å². The predicted octanol–water partition coefficient (Wildman–Crippen LogP) is 5.45. The van der Waals surface area contributed by atoms with Gasteiger partial charge in [-0.15, -0.1) is 5.10 Å². The van der Waals surface area contributed by atoms with Gasteiger partial charge in [0.05, 0.1) is 38.8 Å². The number of nitrogens with one attached hydrogen (secondary N) is 2. The second-order valence-corrected chi connectivity index (χ2v) is 9.45. The summed E-state index contributed by atoms with van der Waals surface area (Å²) in [5.41, 5.74) is 3.24. The fraction of sp³-hybridized carbons (Fsp3) is 0.161. The van der Waals surface area contributed by atoms with Crippen LogP contribution in [0.15, 0.2) is 90.4 Å². The van der Waals surface area contributed by atoms with Crippen LogP contribution in [0.1, 0.15) is 18.5 Å². The van der Waals surface area contributed by atoms with Gasteiger partial charge in [-0.3, -0.25) is 9.78 Å². The number of fused-ring (bicyclic) bond motifs is 2. The van der Waals surface area contributed by atoms with Gasteiger partial charge in [0.25, 0.3) is 5.91 Å². The summed E-state index contributed by atoms with van der Waals surface area (Å²) >= 11 is 0. The van der Waals surface area contributed by atoms with E-state index in [4.69, 9.17) is 24.3 Å². The SMILES string of the molecule is COc1cc(C2C(C(=O)Nc3cccnc3)=C(C)Nc3nc(-c4cccc5ccccc45)nn32)cc(OC)c1OC. The molecule has 206 valence electrons. The number of hydrogen-bond acceptors (Lipinski definition) is 8. The molecule has 2 N–H and O–H groups in total. The third-order valence-corrected chi connectivity index (χ3v) is 7.05. The lowest BCUT2D eigenvalue weighted by atomic mass is 9.94. The molecule has 10 heteroatoms. The lowest BCUT2D eigenvalue weighted by Gasteiger charge is -2.29. The molecule has 0 saturated carbocycles. The minimum absolute atomic E-state index is 0.311.